The van der Waals surface area contributed by atoms with Gasteiger partial charge in [0.05, 0.1) is 5.51 Å². The lowest BCUT2D eigenvalue weighted by atomic mass is 10.0. The minimum atomic E-state index is -0.673. The number of amides is 1. The van der Waals surface area contributed by atoms with Crippen LogP contribution in [-0.2, 0) is 9.53 Å². The Bertz CT molecular complexity index is 435. The van der Waals surface area contributed by atoms with Crippen molar-refractivity contribution in [3.8, 4) is 0 Å². The van der Waals surface area contributed by atoms with Crippen molar-refractivity contribution in [1.82, 2.24) is 10.3 Å². The van der Waals surface area contributed by atoms with Gasteiger partial charge in [-0.3, -0.25) is 4.79 Å². The molecular formula is C13H20N2O3S. The van der Waals surface area contributed by atoms with E-state index in [9.17, 15) is 9.59 Å². The van der Waals surface area contributed by atoms with Crippen molar-refractivity contribution in [1.29, 1.82) is 0 Å². The summed E-state index contributed by atoms with van der Waals surface area (Å²) in [6, 6.07) is -0.673. The molecule has 106 valence electrons. The largest absolute Gasteiger partial charge is 0.458 e. The van der Waals surface area contributed by atoms with Gasteiger partial charge < -0.3 is 10.1 Å². The van der Waals surface area contributed by atoms with Gasteiger partial charge in [-0.2, -0.15) is 0 Å². The van der Waals surface area contributed by atoms with Crippen LogP contribution in [0, 0.1) is 5.92 Å². The van der Waals surface area contributed by atoms with Crippen LogP contribution in [0.25, 0.3) is 0 Å². The number of ether oxygens (including phenoxy) is 1. The molecule has 0 unspecified atom stereocenters. The monoisotopic (exact) mass is 284 g/mol. The van der Waals surface area contributed by atoms with Gasteiger partial charge in [0, 0.05) is 5.38 Å². The Morgan fingerprint density at radius 3 is 2.42 bits per heavy atom. The van der Waals surface area contributed by atoms with Crippen LogP contribution in [0.1, 0.15) is 45.1 Å². The van der Waals surface area contributed by atoms with Crippen LogP contribution < -0.4 is 5.32 Å². The molecule has 0 aromatic carbocycles. The Morgan fingerprint density at radius 2 is 2.00 bits per heavy atom. The van der Waals surface area contributed by atoms with Crippen molar-refractivity contribution in [2.24, 2.45) is 5.92 Å². The van der Waals surface area contributed by atoms with E-state index in [0.29, 0.717) is 5.69 Å². The lowest BCUT2D eigenvalue weighted by Gasteiger charge is -2.26. The minimum absolute atomic E-state index is 0.0579. The first kappa shape index (κ1) is 15.6. The summed E-state index contributed by atoms with van der Waals surface area (Å²) >= 11 is 1.33. The maximum atomic E-state index is 12.1. The summed E-state index contributed by atoms with van der Waals surface area (Å²) in [5, 5.41) is 4.31. The van der Waals surface area contributed by atoms with E-state index in [2.05, 4.69) is 10.3 Å². The molecule has 0 bridgehead atoms. The van der Waals surface area contributed by atoms with Gasteiger partial charge >= 0.3 is 5.97 Å². The Labute approximate surface area is 117 Å². The van der Waals surface area contributed by atoms with Crippen molar-refractivity contribution < 1.29 is 14.3 Å². The number of nitrogens with one attached hydrogen (secondary N) is 1. The van der Waals surface area contributed by atoms with E-state index < -0.39 is 17.6 Å². The number of rotatable bonds is 4. The van der Waals surface area contributed by atoms with Gasteiger partial charge in [0.1, 0.15) is 17.3 Å². The molecule has 1 rings (SSSR count). The minimum Gasteiger partial charge on any atom is -0.458 e. The molecule has 1 aromatic heterocycles. The summed E-state index contributed by atoms with van der Waals surface area (Å²) in [4.78, 5) is 27.9. The molecular weight excluding hydrogens is 264 g/mol. The zero-order valence-electron chi connectivity index (χ0n) is 11.9. The van der Waals surface area contributed by atoms with Gasteiger partial charge in [-0.15, -0.1) is 11.3 Å². The van der Waals surface area contributed by atoms with Crippen molar-refractivity contribution in [3.05, 3.63) is 16.6 Å². The fraction of sp³-hybridized carbons (Fsp3) is 0.615. The van der Waals surface area contributed by atoms with Crippen molar-refractivity contribution in [2.75, 3.05) is 0 Å². The zero-order valence-corrected chi connectivity index (χ0v) is 12.7. The Balaban J connectivity index is 2.73. The first-order valence-corrected chi connectivity index (χ1v) is 7.07. The molecule has 0 radical (unpaired) electrons. The smallest absolute Gasteiger partial charge is 0.329 e. The molecule has 5 nitrogen and oxygen atoms in total. The van der Waals surface area contributed by atoms with E-state index in [1.54, 1.807) is 31.7 Å². The molecule has 0 aliphatic carbocycles. The van der Waals surface area contributed by atoms with E-state index in [-0.39, 0.29) is 11.8 Å². The predicted molar refractivity (Wildman–Crippen MR) is 74.1 cm³/mol. The van der Waals surface area contributed by atoms with Gasteiger partial charge in [0.25, 0.3) is 5.91 Å². The molecule has 1 aromatic rings. The second-order valence-corrected chi connectivity index (χ2v) is 6.32. The van der Waals surface area contributed by atoms with Crippen molar-refractivity contribution >= 4 is 23.2 Å². The molecule has 1 N–H and O–H groups in total. The summed E-state index contributed by atoms with van der Waals surface area (Å²) in [6.45, 7) is 9.10. The lowest BCUT2D eigenvalue weighted by Crippen LogP contribution is -2.47. The number of carbonyl (C=O) groups is 2. The topological polar surface area (TPSA) is 68.3 Å². The maximum Gasteiger partial charge on any atom is 0.329 e. The van der Waals surface area contributed by atoms with Gasteiger partial charge in [-0.1, -0.05) is 13.8 Å². The molecule has 0 fully saturated rings. The third-order valence-corrected chi connectivity index (χ3v) is 2.87. The molecule has 6 heteroatoms. The number of esters is 1. The molecule has 0 saturated carbocycles. The van der Waals surface area contributed by atoms with Crippen LogP contribution in [0.2, 0.25) is 0 Å². The highest BCUT2D eigenvalue weighted by Gasteiger charge is 2.29. The highest BCUT2D eigenvalue weighted by molar-refractivity contribution is 7.07. The summed E-state index contributed by atoms with van der Waals surface area (Å²) in [7, 11) is 0. The van der Waals surface area contributed by atoms with E-state index in [1.807, 2.05) is 13.8 Å². The number of nitrogens with zero attached hydrogens (tertiary/aromatic N) is 1. The molecule has 1 heterocycles. The van der Waals surface area contributed by atoms with E-state index in [1.165, 1.54) is 11.3 Å². The number of aromatic nitrogens is 1. The van der Waals surface area contributed by atoms with Crippen LogP contribution >= 0.6 is 11.3 Å². The first-order chi connectivity index (χ1) is 8.70. The Hall–Kier alpha value is -1.43. The van der Waals surface area contributed by atoms with Crippen LogP contribution in [0.5, 0.6) is 0 Å². The van der Waals surface area contributed by atoms with Gasteiger partial charge in [-0.25, -0.2) is 9.78 Å². The normalized spacial score (nSPS) is 13.2. The SMILES string of the molecule is CC(C)[C@@H](NC(=O)c1cscn1)C(=O)OC(C)(C)C. The van der Waals surface area contributed by atoms with Crippen LogP contribution in [0.15, 0.2) is 10.9 Å². The van der Waals surface area contributed by atoms with Gasteiger partial charge in [0.2, 0.25) is 0 Å². The average Bonchev–Trinajstić information content (AvgIpc) is 2.75. The van der Waals surface area contributed by atoms with Crippen LogP contribution in [-0.4, -0.2) is 28.5 Å². The van der Waals surface area contributed by atoms with Crippen molar-refractivity contribution in [3.63, 3.8) is 0 Å². The van der Waals surface area contributed by atoms with Crippen molar-refractivity contribution in [2.45, 2.75) is 46.3 Å². The Kier molecular flexibility index (Phi) is 5.05. The average molecular weight is 284 g/mol. The molecule has 0 aliphatic rings. The van der Waals surface area contributed by atoms with Crippen LogP contribution in [0.4, 0.5) is 0 Å². The second kappa shape index (κ2) is 6.14. The summed E-state index contributed by atoms with van der Waals surface area (Å²) < 4.78 is 5.31. The predicted octanol–water partition coefficient (Wildman–Crippen LogP) is 2.24. The van der Waals surface area contributed by atoms with Crippen LogP contribution in [0.3, 0.4) is 0 Å². The molecule has 0 saturated heterocycles. The number of hydrogen-bond donors (Lipinski definition) is 1. The number of thiazole rings is 1. The Morgan fingerprint density at radius 1 is 1.37 bits per heavy atom. The number of carbonyl (C=O) groups excluding carboxylic acids is 2. The molecule has 1 amide bonds. The quantitative estimate of drug-likeness (QED) is 0.861. The molecule has 0 aliphatic heterocycles. The molecule has 19 heavy (non-hydrogen) atoms. The molecule has 0 spiro atoms. The lowest BCUT2D eigenvalue weighted by molar-refractivity contribution is -0.158. The summed E-state index contributed by atoms with van der Waals surface area (Å²) in [5.41, 5.74) is 1.32. The fourth-order valence-electron chi connectivity index (χ4n) is 1.40. The zero-order chi connectivity index (χ0) is 14.6. The highest BCUT2D eigenvalue weighted by atomic mass is 32.1. The summed E-state index contributed by atoms with van der Waals surface area (Å²) in [6.07, 6.45) is 0. The third kappa shape index (κ3) is 4.98. The van der Waals surface area contributed by atoms with Gasteiger partial charge in [-0.05, 0) is 26.7 Å². The highest BCUT2D eigenvalue weighted by Crippen LogP contribution is 2.13. The summed E-state index contributed by atoms with van der Waals surface area (Å²) in [5.74, 6) is -0.839. The van der Waals surface area contributed by atoms with E-state index in [4.69, 9.17) is 4.74 Å². The first-order valence-electron chi connectivity index (χ1n) is 6.12. The van der Waals surface area contributed by atoms with E-state index in [0.717, 1.165) is 0 Å². The number of hydrogen-bond acceptors (Lipinski definition) is 5. The van der Waals surface area contributed by atoms with E-state index >= 15 is 0 Å². The third-order valence-electron chi connectivity index (χ3n) is 2.28. The molecule has 1 atom stereocenters. The fourth-order valence-corrected chi connectivity index (χ4v) is 1.93. The second-order valence-electron chi connectivity index (χ2n) is 5.60. The van der Waals surface area contributed by atoms with Gasteiger partial charge in [0.15, 0.2) is 0 Å². The standard InChI is InChI=1S/C13H20N2O3S/c1-8(2)10(12(17)18-13(3,4)5)15-11(16)9-6-19-7-14-9/h6-8,10H,1-5H3,(H,15,16)/t10-/m1/s1. The maximum absolute atomic E-state index is 12.1.